The van der Waals surface area contributed by atoms with Gasteiger partial charge in [-0.3, -0.25) is 0 Å². The van der Waals surface area contributed by atoms with Gasteiger partial charge in [0, 0.05) is 42.9 Å². The molecule has 1 unspecified atom stereocenters. The second-order valence-electron chi connectivity index (χ2n) is 7.58. The predicted octanol–water partition coefficient (Wildman–Crippen LogP) is 4.11. The number of hydrogen-bond donors (Lipinski definition) is 0. The van der Waals surface area contributed by atoms with Gasteiger partial charge in [0.15, 0.2) is 0 Å². The van der Waals surface area contributed by atoms with Crippen molar-refractivity contribution in [2.24, 2.45) is 0 Å². The average Bonchev–Trinajstić information content (AvgIpc) is 3.22. The Hall–Kier alpha value is -2.74. The zero-order valence-electron chi connectivity index (χ0n) is 17.3. The molecule has 1 amide bonds. The largest absolute Gasteiger partial charge is 0.449 e. The summed E-state index contributed by atoms with van der Waals surface area (Å²) in [6.45, 7) is 6.81. The zero-order chi connectivity index (χ0) is 20.9. The smallest absolute Gasteiger partial charge is 0.409 e. The summed E-state index contributed by atoms with van der Waals surface area (Å²) in [5.74, 6) is 1.58. The lowest BCUT2D eigenvalue weighted by Crippen LogP contribution is -2.54. The number of fused-ring (bicyclic) bond motifs is 1. The van der Waals surface area contributed by atoms with Crippen LogP contribution >= 0.6 is 11.8 Å². The van der Waals surface area contributed by atoms with Gasteiger partial charge in [-0.15, -0.1) is 0 Å². The van der Waals surface area contributed by atoms with Crippen LogP contribution < -0.4 is 4.90 Å². The van der Waals surface area contributed by atoms with Gasteiger partial charge >= 0.3 is 6.09 Å². The lowest BCUT2D eigenvalue weighted by molar-refractivity contribution is 0.101. The second kappa shape index (κ2) is 9.38. The summed E-state index contributed by atoms with van der Waals surface area (Å²) in [5, 5.41) is 7.67. The monoisotopic (exact) mass is 426 g/mol. The number of ether oxygens (including phenoxy) is 1. The highest BCUT2D eigenvalue weighted by atomic mass is 32.2. The second-order valence-corrected chi connectivity index (χ2v) is 8.68. The number of hydrogen-bond acceptors (Lipinski definition) is 7. The first-order valence-electron chi connectivity index (χ1n) is 10.1. The van der Waals surface area contributed by atoms with Crippen molar-refractivity contribution < 1.29 is 14.2 Å². The maximum absolute atomic E-state index is 12.4. The van der Waals surface area contributed by atoms with E-state index in [4.69, 9.17) is 9.37 Å². The van der Waals surface area contributed by atoms with E-state index in [2.05, 4.69) is 53.3 Å². The normalized spacial score (nSPS) is 16.8. The molecule has 158 valence electrons. The van der Waals surface area contributed by atoms with Crippen LogP contribution in [0.25, 0.3) is 11.0 Å². The van der Waals surface area contributed by atoms with Crippen LogP contribution in [-0.4, -0.2) is 59.3 Å². The molecule has 2 aromatic carbocycles. The molecule has 3 aromatic rings. The number of piperazine rings is 1. The average molecular weight is 427 g/mol. The molecule has 0 aliphatic carbocycles. The van der Waals surface area contributed by atoms with Crippen molar-refractivity contribution in [3.05, 3.63) is 53.6 Å². The van der Waals surface area contributed by atoms with Gasteiger partial charge in [-0.25, -0.2) is 9.42 Å². The topological polar surface area (TPSA) is 71.7 Å². The minimum atomic E-state index is -0.221. The molecule has 2 heterocycles. The molecular weight excluding hydrogens is 400 g/mol. The summed E-state index contributed by atoms with van der Waals surface area (Å²) in [6.07, 6.45) is -0.221. The first-order valence-corrected chi connectivity index (χ1v) is 11.3. The van der Waals surface area contributed by atoms with Crippen molar-refractivity contribution in [2.45, 2.75) is 25.6 Å². The first-order chi connectivity index (χ1) is 14.6. The Morgan fingerprint density at radius 2 is 1.97 bits per heavy atom. The molecule has 1 fully saturated rings. The summed E-state index contributed by atoms with van der Waals surface area (Å²) in [5.41, 5.74) is 5.13. The Bertz CT molecular complexity index is 991. The van der Waals surface area contributed by atoms with Crippen LogP contribution in [-0.2, 0) is 10.5 Å². The van der Waals surface area contributed by atoms with Crippen molar-refractivity contribution in [1.29, 1.82) is 0 Å². The van der Waals surface area contributed by atoms with E-state index in [1.54, 1.807) is 11.8 Å². The fourth-order valence-corrected chi connectivity index (χ4v) is 4.39. The number of aromatic nitrogens is 2. The highest BCUT2D eigenvalue weighted by Crippen LogP contribution is 2.22. The summed E-state index contributed by atoms with van der Waals surface area (Å²) >= 11 is 1.72. The molecule has 8 heteroatoms. The number of thioether (sulfide) groups is 1. The van der Waals surface area contributed by atoms with Crippen LogP contribution in [0.1, 0.15) is 18.1 Å². The predicted molar refractivity (Wildman–Crippen MR) is 119 cm³/mol. The van der Waals surface area contributed by atoms with Gasteiger partial charge in [-0.05, 0) is 54.0 Å². The van der Waals surface area contributed by atoms with E-state index in [1.165, 1.54) is 11.3 Å². The molecule has 30 heavy (non-hydrogen) atoms. The van der Waals surface area contributed by atoms with Crippen LogP contribution in [0.2, 0.25) is 0 Å². The lowest BCUT2D eigenvalue weighted by Gasteiger charge is -2.40. The summed E-state index contributed by atoms with van der Waals surface area (Å²) in [4.78, 5) is 16.6. The van der Waals surface area contributed by atoms with Gasteiger partial charge in [0.05, 0.1) is 0 Å². The molecule has 0 saturated carbocycles. The Balaban J connectivity index is 1.18. The van der Waals surface area contributed by atoms with E-state index in [9.17, 15) is 4.79 Å². The Morgan fingerprint density at radius 3 is 2.77 bits per heavy atom. The van der Waals surface area contributed by atoms with Gasteiger partial charge in [-0.1, -0.05) is 23.8 Å². The molecule has 0 radical (unpaired) electrons. The fourth-order valence-electron chi connectivity index (χ4n) is 3.63. The third-order valence-corrected chi connectivity index (χ3v) is 6.28. The number of amides is 1. The minimum absolute atomic E-state index is 0.221. The van der Waals surface area contributed by atoms with Crippen LogP contribution in [0.15, 0.2) is 47.1 Å². The Morgan fingerprint density at radius 1 is 1.17 bits per heavy atom. The van der Waals surface area contributed by atoms with E-state index in [1.807, 2.05) is 23.1 Å². The van der Waals surface area contributed by atoms with E-state index in [-0.39, 0.29) is 12.1 Å². The van der Waals surface area contributed by atoms with Gasteiger partial charge in [0.1, 0.15) is 17.6 Å². The molecular formula is C22H26N4O3S. The number of aryl methyl sites for hydroxylation is 1. The third-order valence-electron chi connectivity index (χ3n) is 5.29. The third kappa shape index (κ3) is 4.87. The van der Waals surface area contributed by atoms with Crippen molar-refractivity contribution in [2.75, 3.05) is 36.9 Å². The van der Waals surface area contributed by atoms with E-state index in [0.29, 0.717) is 19.7 Å². The Labute approximate surface area is 180 Å². The molecule has 0 spiro atoms. The first kappa shape index (κ1) is 20.5. The highest BCUT2D eigenvalue weighted by Gasteiger charge is 2.27. The van der Waals surface area contributed by atoms with Crippen molar-refractivity contribution >= 4 is 34.6 Å². The molecule has 1 atom stereocenters. The molecule has 4 rings (SSSR count). The molecule has 0 N–H and O–H groups in total. The van der Waals surface area contributed by atoms with Gasteiger partial charge in [-0.2, -0.15) is 11.8 Å². The van der Waals surface area contributed by atoms with Gasteiger partial charge in [0.2, 0.25) is 0 Å². The molecule has 1 aromatic heterocycles. The standard InChI is InChI=1S/C22H26N4O3S/c1-16-3-6-19(7-4-16)26-10-9-25(14-17(26)2)22(27)28-11-12-30-15-18-5-8-20-21(13-18)24-29-23-20/h3-8,13,17H,9-12,14-15H2,1-2H3. The fraction of sp³-hybridized carbons (Fsp3) is 0.409. The Kier molecular flexibility index (Phi) is 6.42. The maximum Gasteiger partial charge on any atom is 0.409 e. The quantitative estimate of drug-likeness (QED) is 0.549. The van der Waals surface area contributed by atoms with Crippen LogP contribution in [0.4, 0.5) is 10.5 Å². The van der Waals surface area contributed by atoms with Crippen molar-refractivity contribution in [1.82, 2.24) is 15.2 Å². The molecule has 1 aliphatic rings. The van der Waals surface area contributed by atoms with Crippen molar-refractivity contribution in [3.8, 4) is 0 Å². The van der Waals surface area contributed by atoms with Gasteiger partial charge in [0.25, 0.3) is 0 Å². The maximum atomic E-state index is 12.4. The van der Waals surface area contributed by atoms with Crippen molar-refractivity contribution in [3.63, 3.8) is 0 Å². The van der Waals surface area contributed by atoms with Crippen LogP contribution in [0, 0.1) is 6.92 Å². The van der Waals surface area contributed by atoms with Gasteiger partial charge < -0.3 is 14.5 Å². The molecule has 7 nitrogen and oxygen atoms in total. The lowest BCUT2D eigenvalue weighted by atomic mass is 10.1. The highest BCUT2D eigenvalue weighted by molar-refractivity contribution is 7.98. The number of carbonyl (C=O) groups is 1. The summed E-state index contributed by atoms with van der Waals surface area (Å²) in [6, 6.07) is 14.7. The van der Waals surface area contributed by atoms with E-state index >= 15 is 0 Å². The molecule has 1 saturated heterocycles. The number of nitrogens with zero attached hydrogens (tertiary/aromatic N) is 4. The minimum Gasteiger partial charge on any atom is -0.449 e. The number of rotatable bonds is 6. The summed E-state index contributed by atoms with van der Waals surface area (Å²) in [7, 11) is 0. The summed E-state index contributed by atoms with van der Waals surface area (Å²) < 4.78 is 10.2. The van der Waals surface area contributed by atoms with E-state index < -0.39 is 0 Å². The SMILES string of the molecule is Cc1ccc(N2CCN(C(=O)OCCSCc3ccc4nonc4c3)CC2C)cc1. The number of benzene rings is 2. The van der Waals surface area contributed by atoms with Crippen LogP contribution in [0.3, 0.4) is 0 Å². The van der Waals surface area contributed by atoms with Crippen LogP contribution in [0.5, 0.6) is 0 Å². The number of anilines is 1. The van der Waals surface area contributed by atoms with E-state index in [0.717, 1.165) is 34.6 Å². The zero-order valence-corrected chi connectivity index (χ0v) is 18.1. The molecule has 1 aliphatic heterocycles. The number of carbonyl (C=O) groups excluding carboxylic acids is 1. The molecule has 0 bridgehead atoms.